The number of carbonyl (C=O) groups is 4. The molecule has 4 N–H and O–H groups in total. The number of benzene rings is 3. The maximum atomic E-state index is 12.4. The fraction of sp³-hybridized carbons (Fsp3) is 0.0833. The Morgan fingerprint density at radius 2 is 0.688 bits per heavy atom. The Kier molecular flexibility index (Phi) is 6.97. The first kappa shape index (κ1) is 22.2. The zero-order valence-corrected chi connectivity index (χ0v) is 17.6. The van der Waals surface area contributed by atoms with Crippen LogP contribution < -0.4 is 21.3 Å². The van der Waals surface area contributed by atoms with E-state index in [0.29, 0.717) is 33.9 Å². The van der Waals surface area contributed by atoms with Crippen molar-refractivity contribution in [3.63, 3.8) is 0 Å². The summed E-state index contributed by atoms with van der Waals surface area (Å²) in [6.07, 6.45) is 0. The van der Waals surface area contributed by atoms with Gasteiger partial charge < -0.3 is 21.3 Å². The van der Waals surface area contributed by atoms with Crippen molar-refractivity contribution >= 4 is 46.4 Å². The van der Waals surface area contributed by atoms with Crippen molar-refractivity contribution in [1.82, 2.24) is 0 Å². The summed E-state index contributed by atoms with van der Waals surface area (Å²) >= 11 is 0. The molecule has 3 aromatic rings. The van der Waals surface area contributed by atoms with Crippen molar-refractivity contribution in [2.75, 3.05) is 21.3 Å². The second-order valence-corrected chi connectivity index (χ2v) is 7.00. The molecule has 0 unspecified atom stereocenters. The molecular formula is C24H22N4O4. The van der Waals surface area contributed by atoms with Crippen LogP contribution in [0.25, 0.3) is 0 Å². The van der Waals surface area contributed by atoms with Crippen LogP contribution in [0.2, 0.25) is 0 Å². The number of carbonyl (C=O) groups excluding carboxylic acids is 4. The maximum Gasteiger partial charge on any atom is 0.255 e. The monoisotopic (exact) mass is 430 g/mol. The first-order valence-electron chi connectivity index (χ1n) is 9.78. The fourth-order valence-corrected chi connectivity index (χ4v) is 2.86. The lowest BCUT2D eigenvalue weighted by molar-refractivity contribution is -0.115. The van der Waals surface area contributed by atoms with E-state index in [9.17, 15) is 19.2 Å². The zero-order valence-electron chi connectivity index (χ0n) is 17.6. The van der Waals surface area contributed by atoms with Crippen LogP contribution in [0, 0.1) is 0 Å². The summed E-state index contributed by atoms with van der Waals surface area (Å²) in [4.78, 5) is 47.0. The van der Waals surface area contributed by atoms with Gasteiger partial charge >= 0.3 is 0 Å². The molecule has 0 bridgehead atoms. The SMILES string of the molecule is CC(=O)Nc1ccc(NC(=O)c2ccc(C(=O)Nc3ccc(NC(C)=O)cc3)cc2)cc1. The van der Waals surface area contributed by atoms with Gasteiger partial charge in [-0.05, 0) is 72.8 Å². The number of anilines is 4. The lowest BCUT2D eigenvalue weighted by Gasteiger charge is -2.09. The van der Waals surface area contributed by atoms with E-state index in [1.54, 1.807) is 72.8 Å². The second kappa shape index (κ2) is 10.0. The Labute approximate surface area is 185 Å². The summed E-state index contributed by atoms with van der Waals surface area (Å²) in [7, 11) is 0. The highest BCUT2D eigenvalue weighted by Crippen LogP contribution is 2.17. The molecule has 0 spiro atoms. The molecule has 3 rings (SSSR count). The van der Waals surface area contributed by atoms with E-state index in [2.05, 4.69) is 21.3 Å². The van der Waals surface area contributed by atoms with Crippen molar-refractivity contribution in [3.05, 3.63) is 83.9 Å². The Morgan fingerprint density at radius 3 is 0.938 bits per heavy atom. The first-order valence-corrected chi connectivity index (χ1v) is 9.78. The number of amides is 4. The lowest BCUT2D eigenvalue weighted by atomic mass is 10.1. The van der Waals surface area contributed by atoms with Crippen LogP contribution in [0.1, 0.15) is 34.6 Å². The summed E-state index contributed by atoms with van der Waals surface area (Å²) in [6, 6.07) is 19.7. The van der Waals surface area contributed by atoms with Gasteiger partial charge in [0.2, 0.25) is 11.8 Å². The molecule has 0 atom stereocenters. The van der Waals surface area contributed by atoms with Gasteiger partial charge in [0.1, 0.15) is 0 Å². The van der Waals surface area contributed by atoms with E-state index in [0.717, 1.165) is 0 Å². The Balaban J connectivity index is 1.58. The minimum atomic E-state index is -0.321. The molecule has 8 heteroatoms. The average molecular weight is 430 g/mol. The highest BCUT2D eigenvalue weighted by atomic mass is 16.2. The van der Waals surface area contributed by atoms with Gasteiger partial charge in [-0.15, -0.1) is 0 Å². The number of hydrogen-bond donors (Lipinski definition) is 4. The average Bonchev–Trinajstić information content (AvgIpc) is 2.76. The van der Waals surface area contributed by atoms with Gasteiger partial charge in [0.15, 0.2) is 0 Å². The van der Waals surface area contributed by atoms with Crippen LogP contribution in [0.4, 0.5) is 22.7 Å². The summed E-state index contributed by atoms with van der Waals surface area (Å²) in [5.41, 5.74) is 3.22. The summed E-state index contributed by atoms with van der Waals surface area (Å²) in [5, 5.41) is 10.8. The van der Waals surface area contributed by atoms with Crippen LogP contribution in [0.3, 0.4) is 0 Å². The molecule has 8 nitrogen and oxygen atoms in total. The van der Waals surface area contributed by atoms with Gasteiger partial charge in [0, 0.05) is 47.7 Å². The van der Waals surface area contributed by atoms with Crippen LogP contribution in [0.15, 0.2) is 72.8 Å². The van der Waals surface area contributed by atoms with E-state index in [-0.39, 0.29) is 23.6 Å². The van der Waals surface area contributed by atoms with E-state index in [1.165, 1.54) is 13.8 Å². The van der Waals surface area contributed by atoms with Gasteiger partial charge in [0.25, 0.3) is 11.8 Å². The maximum absolute atomic E-state index is 12.4. The van der Waals surface area contributed by atoms with Crippen LogP contribution in [-0.4, -0.2) is 23.6 Å². The quantitative estimate of drug-likeness (QED) is 0.471. The van der Waals surface area contributed by atoms with E-state index >= 15 is 0 Å². The van der Waals surface area contributed by atoms with E-state index in [4.69, 9.17) is 0 Å². The van der Waals surface area contributed by atoms with Crippen molar-refractivity contribution in [1.29, 1.82) is 0 Å². The molecule has 0 heterocycles. The van der Waals surface area contributed by atoms with Crippen molar-refractivity contribution in [2.45, 2.75) is 13.8 Å². The molecule has 32 heavy (non-hydrogen) atoms. The lowest BCUT2D eigenvalue weighted by Crippen LogP contribution is -2.14. The predicted octanol–water partition coefficient (Wildman–Crippen LogP) is 4.11. The third-order valence-corrected chi connectivity index (χ3v) is 4.34. The zero-order chi connectivity index (χ0) is 23.1. The number of nitrogens with one attached hydrogen (secondary N) is 4. The third-order valence-electron chi connectivity index (χ3n) is 4.34. The molecule has 0 aliphatic rings. The highest BCUT2D eigenvalue weighted by molar-refractivity contribution is 6.07. The Bertz CT molecular complexity index is 1050. The molecule has 162 valence electrons. The normalized spacial score (nSPS) is 10.1. The number of hydrogen-bond acceptors (Lipinski definition) is 4. The number of rotatable bonds is 6. The smallest absolute Gasteiger partial charge is 0.255 e. The van der Waals surface area contributed by atoms with Crippen LogP contribution in [0.5, 0.6) is 0 Å². The highest BCUT2D eigenvalue weighted by Gasteiger charge is 2.10. The molecular weight excluding hydrogens is 408 g/mol. The van der Waals surface area contributed by atoms with Gasteiger partial charge in [-0.1, -0.05) is 0 Å². The summed E-state index contributed by atoms with van der Waals surface area (Å²) in [5.74, 6) is -0.989. The second-order valence-electron chi connectivity index (χ2n) is 7.00. The molecule has 0 saturated carbocycles. The molecule has 4 amide bonds. The van der Waals surface area contributed by atoms with Gasteiger partial charge in [-0.25, -0.2) is 0 Å². The predicted molar refractivity (Wildman–Crippen MR) is 124 cm³/mol. The van der Waals surface area contributed by atoms with Crippen LogP contribution >= 0.6 is 0 Å². The molecule has 0 fully saturated rings. The van der Waals surface area contributed by atoms with E-state index < -0.39 is 0 Å². The molecule has 0 aliphatic heterocycles. The standard InChI is InChI=1S/C24H22N4O4/c1-15(29)25-19-7-11-21(12-8-19)27-23(31)17-3-5-18(6-4-17)24(32)28-22-13-9-20(10-14-22)26-16(2)30/h3-14H,1-2H3,(H,25,29)(H,26,30)(H,27,31)(H,28,32). The third kappa shape index (κ3) is 6.27. The molecule has 3 aromatic carbocycles. The first-order chi connectivity index (χ1) is 15.3. The summed E-state index contributed by atoms with van der Waals surface area (Å²) in [6.45, 7) is 2.84. The van der Waals surface area contributed by atoms with Crippen molar-refractivity contribution in [2.24, 2.45) is 0 Å². The molecule has 0 aliphatic carbocycles. The van der Waals surface area contributed by atoms with E-state index in [1.807, 2.05) is 0 Å². The minimum Gasteiger partial charge on any atom is -0.326 e. The van der Waals surface area contributed by atoms with Crippen molar-refractivity contribution < 1.29 is 19.2 Å². The largest absolute Gasteiger partial charge is 0.326 e. The summed E-state index contributed by atoms with van der Waals surface area (Å²) < 4.78 is 0. The molecule has 0 radical (unpaired) electrons. The fourth-order valence-electron chi connectivity index (χ4n) is 2.86. The van der Waals surface area contributed by atoms with Gasteiger partial charge in [-0.2, -0.15) is 0 Å². The minimum absolute atomic E-state index is 0.173. The Morgan fingerprint density at radius 1 is 0.438 bits per heavy atom. The Hall–Kier alpha value is -4.46. The molecule has 0 saturated heterocycles. The van der Waals surface area contributed by atoms with Gasteiger partial charge in [0.05, 0.1) is 0 Å². The van der Waals surface area contributed by atoms with Gasteiger partial charge in [-0.3, -0.25) is 19.2 Å². The topological polar surface area (TPSA) is 116 Å². The van der Waals surface area contributed by atoms with Crippen LogP contribution in [-0.2, 0) is 9.59 Å². The van der Waals surface area contributed by atoms with Crippen molar-refractivity contribution in [3.8, 4) is 0 Å². The molecule has 0 aromatic heterocycles.